The first kappa shape index (κ1) is 13.6. The third kappa shape index (κ3) is 2.88. The molecule has 0 radical (unpaired) electrons. The molecule has 3 nitrogen and oxygen atoms in total. The maximum atomic E-state index is 13.5. The van der Waals surface area contributed by atoms with Crippen LogP contribution < -0.4 is 10.6 Å². The van der Waals surface area contributed by atoms with Gasteiger partial charge in [0.1, 0.15) is 5.76 Å². The second-order valence-electron chi connectivity index (χ2n) is 4.51. The van der Waals surface area contributed by atoms with Crippen molar-refractivity contribution in [3.05, 3.63) is 84.8 Å². The van der Waals surface area contributed by atoms with E-state index < -0.39 is 7.29 Å². The van der Waals surface area contributed by atoms with Crippen LogP contribution in [0.1, 0.15) is 5.76 Å². The maximum absolute atomic E-state index is 13.5. The normalized spacial score (nSPS) is 11.8. The first-order valence-corrected chi connectivity index (χ1v) is 8.25. The highest BCUT2D eigenvalue weighted by atomic mass is 31.2. The van der Waals surface area contributed by atoms with Crippen LogP contribution in [0.25, 0.3) is 0 Å². The van der Waals surface area contributed by atoms with Gasteiger partial charge in [-0.2, -0.15) is 0 Å². The molecule has 1 aromatic heterocycles. The van der Waals surface area contributed by atoms with E-state index in [1.165, 1.54) is 6.21 Å². The van der Waals surface area contributed by atoms with Gasteiger partial charge in [0, 0.05) is 10.6 Å². The van der Waals surface area contributed by atoms with Crippen LogP contribution in [0.2, 0.25) is 0 Å². The molecule has 0 aliphatic rings. The molecule has 0 saturated heterocycles. The summed E-state index contributed by atoms with van der Waals surface area (Å²) in [6, 6.07) is 22.2. The zero-order valence-electron chi connectivity index (χ0n) is 11.3. The Labute approximate surface area is 123 Å². The molecule has 0 fully saturated rings. The fourth-order valence-corrected chi connectivity index (χ4v) is 4.04. The Morgan fingerprint density at radius 3 is 1.86 bits per heavy atom. The van der Waals surface area contributed by atoms with E-state index in [0.717, 1.165) is 0 Å². The van der Waals surface area contributed by atoms with Gasteiger partial charge in [0.05, 0.1) is 12.5 Å². The Bertz CT molecular complexity index is 722. The van der Waals surface area contributed by atoms with Gasteiger partial charge in [-0.15, -0.1) is 0 Å². The van der Waals surface area contributed by atoms with Crippen LogP contribution in [0, 0.1) is 0 Å². The lowest BCUT2D eigenvalue weighted by molar-refractivity contribution is 0.560. The maximum Gasteiger partial charge on any atom is 0.247 e. The standard InChI is InChI=1S/C17H14NO2P/c19-21(16-9-3-1-4-10-16,17-11-5-2-6-12-17)18-14-15-8-7-13-20-15/h1-14H. The average Bonchev–Trinajstić information content (AvgIpc) is 3.08. The molecule has 0 atom stereocenters. The van der Waals surface area contributed by atoms with Crippen LogP contribution >= 0.6 is 7.29 Å². The van der Waals surface area contributed by atoms with Crippen LogP contribution in [-0.4, -0.2) is 6.21 Å². The smallest absolute Gasteiger partial charge is 0.247 e. The van der Waals surface area contributed by atoms with E-state index in [2.05, 4.69) is 4.76 Å². The largest absolute Gasteiger partial charge is 0.463 e. The van der Waals surface area contributed by atoms with E-state index in [-0.39, 0.29) is 0 Å². The summed E-state index contributed by atoms with van der Waals surface area (Å²) < 4.78 is 23.1. The minimum atomic E-state index is -3.06. The molecule has 0 aliphatic heterocycles. The van der Waals surface area contributed by atoms with E-state index >= 15 is 0 Å². The van der Waals surface area contributed by atoms with Crippen LogP contribution in [-0.2, 0) is 4.57 Å². The van der Waals surface area contributed by atoms with Crippen molar-refractivity contribution in [2.45, 2.75) is 0 Å². The number of benzene rings is 2. The Morgan fingerprint density at radius 2 is 1.38 bits per heavy atom. The second kappa shape index (κ2) is 5.94. The molecule has 1 heterocycles. The lowest BCUT2D eigenvalue weighted by atomic mass is 10.4. The Hall–Kier alpha value is -2.38. The summed E-state index contributed by atoms with van der Waals surface area (Å²) in [5, 5.41) is 1.41. The number of hydrogen-bond acceptors (Lipinski definition) is 2. The molecule has 0 aliphatic carbocycles. The molecule has 3 rings (SSSR count). The minimum Gasteiger partial charge on any atom is -0.463 e. The highest BCUT2D eigenvalue weighted by molar-refractivity contribution is 7.77. The summed E-state index contributed by atoms with van der Waals surface area (Å²) >= 11 is 0. The number of rotatable bonds is 4. The van der Waals surface area contributed by atoms with Gasteiger partial charge in [-0.3, -0.25) is 4.57 Å². The fourth-order valence-electron chi connectivity index (χ4n) is 2.05. The quantitative estimate of drug-likeness (QED) is 0.545. The first-order valence-electron chi connectivity index (χ1n) is 6.59. The number of furan rings is 1. The highest BCUT2D eigenvalue weighted by Gasteiger charge is 2.25. The molecule has 3 aromatic rings. The van der Waals surface area contributed by atoms with E-state index in [9.17, 15) is 4.57 Å². The monoisotopic (exact) mass is 295 g/mol. The predicted molar refractivity (Wildman–Crippen MR) is 86.1 cm³/mol. The van der Waals surface area contributed by atoms with Crippen molar-refractivity contribution in [2.75, 3.05) is 0 Å². The molecule has 0 bridgehead atoms. The van der Waals surface area contributed by atoms with Gasteiger partial charge in [0.2, 0.25) is 7.29 Å². The molecule has 0 unspecified atom stereocenters. The van der Waals surface area contributed by atoms with Gasteiger partial charge < -0.3 is 4.42 Å². The molecule has 0 saturated carbocycles. The van der Waals surface area contributed by atoms with Gasteiger partial charge in [-0.1, -0.05) is 36.4 Å². The molecule has 0 N–H and O–H groups in total. The third-order valence-electron chi connectivity index (χ3n) is 3.10. The van der Waals surface area contributed by atoms with Gasteiger partial charge in [-0.25, -0.2) is 4.76 Å². The molecule has 2 aromatic carbocycles. The fraction of sp³-hybridized carbons (Fsp3) is 0. The first-order chi connectivity index (χ1) is 10.3. The van der Waals surface area contributed by atoms with Crippen molar-refractivity contribution in [3.8, 4) is 0 Å². The van der Waals surface area contributed by atoms with Crippen LogP contribution in [0.15, 0.2) is 88.2 Å². The van der Waals surface area contributed by atoms with E-state index in [1.54, 1.807) is 18.4 Å². The van der Waals surface area contributed by atoms with Gasteiger partial charge in [0.25, 0.3) is 0 Å². The van der Waals surface area contributed by atoms with Gasteiger partial charge in [-0.05, 0) is 36.4 Å². The Morgan fingerprint density at radius 1 is 0.810 bits per heavy atom. The SMILES string of the molecule is O=P(N=Cc1ccco1)(c1ccccc1)c1ccccc1. The molecule has 21 heavy (non-hydrogen) atoms. The van der Waals surface area contributed by atoms with Crippen molar-refractivity contribution in [1.82, 2.24) is 0 Å². The molecular formula is C17H14NO2P. The van der Waals surface area contributed by atoms with Gasteiger partial charge in [0.15, 0.2) is 0 Å². The van der Waals surface area contributed by atoms with E-state index in [4.69, 9.17) is 4.42 Å². The number of hydrogen-bond donors (Lipinski definition) is 0. The van der Waals surface area contributed by atoms with Crippen molar-refractivity contribution in [3.63, 3.8) is 0 Å². The van der Waals surface area contributed by atoms with Crippen LogP contribution in [0.5, 0.6) is 0 Å². The highest BCUT2D eigenvalue weighted by Crippen LogP contribution is 2.44. The summed E-state index contributed by atoms with van der Waals surface area (Å²) in [4.78, 5) is 0. The molecular weight excluding hydrogens is 281 g/mol. The van der Waals surface area contributed by atoms with Crippen molar-refractivity contribution in [2.24, 2.45) is 4.76 Å². The Balaban J connectivity index is 2.10. The molecule has 104 valence electrons. The van der Waals surface area contributed by atoms with Crippen LogP contribution in [0.3, 0.4) is 0 Å². The summed E-state index contributed by atoms with van der Waals surface area (Å²) in [5.41, 5.74) is 0. The third-order valence-corrected chi connectivity index (χ3v) is 5.54. The van der Waals surface area contributed by atoms with E-state index in [0.29, 0.717) is 16.4 Å². The lowest BCUT2D eigenvalue weighted by Gasteiger charge is -2.13. The molecule has 4 heteroatoms. The summed E-state index contributed by atoms with van der Waals surface area (Å²) in [6.07, 6.45) is 3.10. The molecule has 0 spiro atoms. The van der Waals surface area contributed by atoms with Crippen LogP contribution in [0.4, 0.5) is 0 Å². The molecule has 0 amide bonds. The second-order valence-corrected chi connectivity index (χ2v) is 6.92. The van der Waals surface area contributed by atoms with E-state index in [1.807, 2.05) is 60.7 Å². The topological polar surface area (TPSA) is 42.6 Å². The van der Waals surface area contributed by atoms with Crippen molar-refractivity contribution in [1.29, 1.82) is 0 Å². The minimum absolute atomic E-state index is 0.585. The summed E-state index contributed by atoms with van der Waals surface area (Å²) in [7, 11) is -3.06. The predicted octanol–water partition coefficient (Wildman–Crippen LogP) is 3.63. The summed E-state index contributed by atoms with van der Waals surface area (Å²) in [6.45, 7) is 0. The zero-order chi connectivity index (χ0) is 14.5. The number of nitrogens with zero attached hydrogens (tertiary/aromatic N) is 1. The Kier molecular flexibility index (Phi) is 3.85. The average molecular weight is 295 g/mol. The summed E-state index contributed by atoms with van der Waals surface area (Å²) in [5.74, 6) is 0.585. The van der Waals surface area contributed by atoms with Crippen molar-refractivity contribution >= 4 is 24.1 Å². The lowest BCUT2D eigenvalue weighted by Crippen LogP contribution is -2.14. The zero-order valence-corrected chi connectivity index (χ0v) is 12.2. The van der Waals surface area contributed by atoms with Gasteiger partial charge >= 0.3 is 0 Å². The van der Waals surface area contributed by atoms with Crippen molar-refractivity contribution < 1.29 is 8.98 Å².